The molecule has 0 bridgehead atoms. The third-order valence-electron chi connectivity index (χ3n) is 3.78. The fourth-order valence-electron chi connectivity index (χ4n) is 2.55. The molecule has 0 saturated heterocycles. The van der Waals surface area contributed by atoms with Gasteiger partial charge in [-0.1, -0.05) is 30.3 Å². The Labute approximate surface area is 146 Å². The third-order valence-corrected chi connectivity index (χ3v) is 4.57. The molecule has 6 nitrogen and oxygen atoms in total. The molecule has 3 rings (SSSR count). The first kappa shape index (κ1) is 17.3. The van der Waals surface area contributed by atoms with Crippen molar-refractivity contribution in [2.24, 2.45) is 0 Å². The van der Waals surface area contributed by atoms with Gasteiger partial charge in [-0.2, -0.15) is 0 Å². The van der Waals surface area contributed by atoms with Gasteiger partial charge in [-0.15, -0.1) is 0 Å². The second-order valence-electron chi connectivity index (χ2n) is 5.74. The topological polar surface area (TPSA) is 87.1 Å². The summed E-state index contributed by atoms with van der Waals surface area (Å²) in [6, 6.07) is 13.5. The zero-order chi connectivity index (χ0) is 17.9. The van der Waals surface area contributed by atoms with E-state index in [1.165, 1.54) is 0 Å². The Balaban J connectivity index is 1.75. The van der Waals surface area contributed by atoms with Gasteiger partial charge in [-0.05, 0) is 6.92 Å². The van der Waals surface area contributed by atoms with E-state index in [1.54, 1.807) is 0 Å². The highest BCUT2D eigenvalue weighted by molar-refractivity contribution is 7.85. The number of hydrogen-bond donors (Lipinski definition) is 0. The van der Waals surface area contributed by atoms with Crippen LogP contribution in [0, 0.1) is 6.92 Å². The number of aryl methyl sites for hydroxylation is 2. The van der Waals surface area contributed by atoms with E-state index >= 15 is 0 Å². The third kappa shape index (κ3) is 4.52. The molecule has 25 heavy (non-hydrogen) atoms. The first-order chi connectivity index (χ1) is 11.9. The molecule has 1 aromatic carbocycles. The first-order valence-electron chi connectivity index (χ1n) is 7.88. The van der Waals surface area contributed by atoms with Gasteiger partial charge in [0.25, 0.3) is 0 Å². The summed E-state index contributed by atoms with van der Waals surface area (Å²) in [4.78, 5) is 4.48. The van der Waals surface area contributed by atoms with Crippen molar-refractivity contribution in [1.29, 1.82) is 0 Å². The number of hydrogen-bond acceptors (Lipinski definition) is 5. The van der Waals surface area contributed by atoms with Crippen LogP contribution in [-0.2, 0) is 16.7 Å². The number of oxazole rings is 1. The molecular weight excluding hydrogens is 340 g/mol. The molecule has 3 aromatic rings. The summed E-state index contributed by atoms with van der Waals surface area (Å²) < 4.78 is 39.6. The summed E-state index contributed by atoms with van der Waals surface area (Å²) in [6.45, 7) is 2.36. The molecule has 2 aromatic heterocycles. The van der Waals surface area contributed by atoms with Crippen molar-refractivity contribution in [1.82, 2.24) is 4.98 Å². The molecule has 0 radical (unpaired) electrons. The molecule has 0 amide bonds. The second kappa shape index (κ2) is 7.16. The van der Waals surface area contributed by atoms with Gasteiger partial charge < -0.3 is 8.97 Å². The Kier molecular flexibility index (Phi) is 4.96. The molecule has 0 N–H and O–H groups in total. The van der Waals surface area contributed by atoms with Crippen LogP contribution in [0.1, 0.15) is 12.1 Å². The van der Waals surface area contributed by atoms with Crippen LogP contribution in [0.15, 0.2) is 59.3 Å². The van der Waals surface area contributed by atoms with Crippen molar-refractivity contribution in [3.8, 4) is 22.8 Å². The molecule has 0 saturated carbocycles. The first-order valence-corrected chi connectivity index (χ1v) is 9.46. The zero-order valence-corrected chi connectivity index (χ0v) is 14.6. The number of nitrogens with zero attached hydrogens (tertiary/aromatic N) is 2. The van der Waals surface area contributed by atoms with E-state index in [-0.39, 0.29) is 12.2 Å². The fourth-order valence-corrected chi connectivity index (χ4v) is 3.03. The van der Waals surface area contributed by atoms with Gasteiger partial charge in [0, 0.05) is 35.4 Å². The maximum absolute atomic E-state index is 10.6. The average Bonchev–Trinajstić information content (AvgIpc) is 2.97. The lowest BCUT2D eigenvalue weighted by atomic mass is 10.1. The second-order valence-corrected chi connectivity index (χ2v) is 7.26. The van der Waals surface area contributed by atoms with Crippen LogP contribution in [-0.4, -0.2) is 23.7 Å². The highest BCUT2D eigenvalue weighted by Gasteiger charge is 2.14. The minimum absolute atomic E-state index is 0.284. The Bertz CT molecular complexity index is 949. The molecule has 0 aliphatic rings. The maximum Gasteiger partial charge on any atom is 0.227 e. The SMILES string of the molecule is Cc1nc(-c2cc[n+](CCCS(=O)(=O)[O-])cc2)oc1-c1ccccc1. The van der Waals surface area contributed by atoms with E-state index in [2.05, 4.69) is 4.98 Å². The van der Waals surface area contributed by atoms with Crippen molar-refractivity contribution in [2.75, 3.05) is 5.75 Å². The lowest BCUT2D eigenvalue weighted by Gasteiger charge is -2.04. The Morgan fingerprint density at radius 1 is 1.08 bits per heavy atom. The molecule has 0 spiro atoms. The summed E-state index contributed by atoms with van der Waals surface area (Å²) in [5, 5.41) is 0. The average molecular weight is 358 g/mol. The number of pyridine rings is 1. The molecule has 130 valence electrons. The molecular formula is C18H18N2O4S. The molecule has 0 aliphatic heterocycles. The van der Waals surface area contributed by atoms with Crippen molar-refractivity contribution in [3.63, 3.8) is 0 Å². The molecule has 0 aliphatic carbocycles. The predicted octanol–water partition coefficient (Wildman–Crippen LogP) is 2.54. The monoisotopic (exact) mass is 358 g/mol. The van der Waals surface area contributed by atoms with Crippen molar-refractivity contribution >= 4 is 10.1 Å². The molecule has 2 heterocycles. The summed E-state index contributed by atoms with van der Waals surface area (Å²) >= 11 is 0. The largest absolute Gasteiger partial charge is 0.748 e. The van der Waals surface area contributed by atoms with Gasteiger partial charge in [0.1, 0.15) is 6.54 Å². The highest BCUT2D eigenvalue weighted by Crippen LogP contribution is 2.28. The summed E-state index contributed by atoms with van der Waals surface area (Å²) in [5.41, 5.74) is 2.63. The van der Waals surface area contributed by atoms with E-state index in [4.69, 9.17) is 4.42 Å². The van der Waals surface area contributed by atoms with Gasteiger partial charge in [0.2, 0.25) is 5.89 Å². The van der Waals surface area contributed by atoms with Gasteiger partial charge in [-0.3, -0.25) is 0 Å². The van der Waals surface area contributed by atoms with E-state index in [0.29, 0.717) is 12.4 Å². The maximum atomic E-state index is 10.6. The van der Waals surface area contributed by atoms with Crippen molar-refractivity contribution in [2.45, 2.75) is 19.9 Å². The lowest BCUT2D eigenvalue weighted by molar-refractivity contribution is -0.696. The van der Waals surface area contributed by atoms with E-state index < -0.39 is 10.1 Å². The Morgan fingerprint density at radius 3 is 2.40 bits per heavy atom. The highest BCUT2D eigenvalue weighted by atomic mass is 32.2. The fraction of sp³-hybridized carbons (Fsp3) is 0.222. The summed E-state index contributed by atoms with van der Waals surface area (Å²) in [5.74, 6) is 0.917. The lowest BCUT2D eigenvalue weighted by Crippen LogP contribution is -2.33. The molecule has 0 fully saturated rings. The molecule has 7 heteroatoms. The normalized spacial score (nSPS) is 11.6. The zero-order valence-electron chi connectivity index (χ0n) is 13.8. The number of aromatic nitrogens is 2. The van der Waals surface area contributed by atoms with Gasteiger partial charge >= 0.3 is 0 Å². The van der Waals surface area contributed by atoms with E-state index in [0.717, 1.165) is 22.6 Å². The minimum Gasteiger partial charge on any atom is -0.748 e. The van der Waals surface area contributed by atoms with Crippen molar-refractivity contribution in [3.05, 3.63) is 60.6 Å². The number of rotatable bonds is 6. The van der Waals surface area contributed by atoms with Crippen LogP contribution in [0.5, 0.6) is 0 Å². The van der Waals surface area contributed by atoms with Crippen LogP contribution in [0.3, 0.4) is 0 Å². The van der Waals surface area contributed by atoms with Crippen molar-refractivity contribution < 1.29 is 22.0 Å². The van der Waals surface area contributed by atoms with Crippen LogP contribution in [0.2, 0.25) is 0 Å². The van der Waals surface area contributed by atoms with Gasteiger partial charge in [0.15, 0.2) is 18.2 Å². The van der Waals surface area contributed by atoms with E-state index in [1.807, 2.05) is 66.3 Å². The summed E-state index contributed by atoms with van der Waals surface area (Å²) in [7, 11) is -4.16. The predicted molar refractivity (Wildman–Crippen MR) is 91.5 cm³/mol. The van der Waals surface area contributed by atoms with Crippen LogP contribution in [0.4, 0.5) is 0 Å². The molecule has 0 unspecified atom stereocenters. The minimum atomic E-state index is -4.16. The Morgan fingerprint density at radius 2 is 1.76 bits per heavy atom. The van der Waals surface area contributed by atoms with Gasteiger partial charge in [0.05, 0.1) is 15.8 Å². The van der Waals surface area contributed by atoms with Crippen LogP contribution < -0.4 is 4.57 Å². The summed E-state index contributed by atoms with van der Waals surface area (Å²) in [6.07, 6.45) is 3.91. The number of benzene rings is 1. The van der Waals surface area contributed by atoms with Gasteiger partial charge in [-0.25, -0.2) is 18.0 Å². The Hall–Kier alpha value is -2.51. The standard InChI is InChI=1S/C18H18N2O4S/c1-14-17(15-6-3-2-4-7-15)24-18(19-14)16-8-11-20(12-9-16)10-5-13-25(21,22)23/h2-4,6-9,11-12H,5,10,13H2,1H3. The van der Waals surface area contributed by atoms with E-state index in [9.17, 15) is 13.0 Å². The smallest absolute Gasteiger partial charge is 0.227 e. The molecule has 0 atom stereocenters. The van der Waals surface area contributed by atoms with Crippen LogP contribution in [0.25, 0.3) is 22.8 Å². The van der Waals surface area contributed by atoms with Crippen LogP contribution >= 0.6 is 0 Å². The quantitative estimate of drug-likeness (QED) is 0.499.